The molecule has 0 amide bonds. The summed E-state index contributed by atoms with van der Waals surface area (Å²) in [6, 6.07) is 4.38. The van der Waals surface area contributed by atoms with Crippen molar-refractivity contribution in [2.75, 3.05) is 5.73 Å². The van der Waals surface area contributed by atoms with Crippen LogP contribution in [-0.2, 0) is 182 Å². The highest BCUT2D eigenvalue weighted by atomic mass is 33.5. The fourth-order valence-electron chi connectivity index (χ4n) is 2.90. The first kappa shape index (κ1) is 39.2. The molecule has 41 heavy (non-hydrogen) atoms. The van der Waals surface area contributed by atoms with Crippen LogP contribution in [0.4, 0.5) is 10.1 Å². The summed E-state index contributed by atoms with van der Waals surface area (Å²) >= 11 is 9.51. The van der Waals surface area contributed by atoms with Crippen molar-refractivity contribution in [1.82, 2.24) is 9.97 Å². The van der Waals surface area contributed by atoms with Gasteiger partial charge in [-0.3, -0.25) is 0 Å². The van der Waals surface area contributed by atoms with E-state index in [1.54, 1.807) is 148 Å². The van der Waals surface area contributed by atoms with Gasteiger partial charge in [0.05, 0.1) is 11.0 Å². The standard InChI is InChI=1S/C17H18FN3.S20/c1-8-9(2)11(4)16-15(10(8)3)20-17(21-16)13-6-5-12(18)7-14(13)19;1-3-5-7-9-11-13-15-17-19-20-18-16-14-12-10-8-6-4-2/h5-7H,19H2,1-4H3,(H,20,21);. The van der Waals surface area contributed by atoms with Crippen molar-refractivity contribution in [2.45, 2.75) is 27.7 Å². The van der Waals surface area contributed by atoms with Crippen LogP contribution in [0.2, 0.25) is 0 Å². The Kier molecular flexibility index (Phi) is 22.4. The average molecular weight is 925 g/mol. The van der Waals surface area contributed by atoms with E-state index in [4.69, 9.17) is 28.1 Å². The summed E-state index contributed by atoms with van der Waals surface area (Å²) in [5.74, 6) is 0.338. The molecule has 0 saturated carbocycles. The predicted molar refractivity (Wildman–Crippen MR) is 232 cm³/mol. The van der Waals surface area contributed by atoms with E-state index in [0.29, 0.717) is 11.5 Å². The van der Waals surface area contributed by atoms with Gasteiger partial charge in [-0.25, -0.2) is 9.37 Å². The molecule has 0 aliphatic heterocycles. The number of aromatic amines is 1. The second kappa shape index (κ2) is 23.4. The van der Waals surface area contributed by atoms with Gasteiger partial charge in [-0.15, -0.1) is 0 Å². The number of nitrogen functional groups attached to an aromatic ring is 1. The van der Waals surface area contributed by atoms with Crippen molar-refractivity contribution >= 4 is 199 Å². The molecule has 228 valence electrons. The van der Waals surface area contributed by atoms with E-state index in [2.05, 4.69) is 37.7 Å². The van der Waals surface area contributed by atoms with E-state index >= 15 is 0 Å². The molecule has 3 nitrogen and oxygen atoms in total. The molecule has 0 aliphatic carbocycles. The maximum Gasteiger partial charge on any atom is 0.140 e. The fraction of sp³-hybridized carbons (Fsp3) is 0.235. The minimum Gasteiger partial charge on any atom is -0.398 e. The van der Waals surface area contributed by atoms with Crippen molar-refractivity contribution < 1.29 is 4.39 Å². The molecule has 0 radical (unpaired) electrons. The number of nitrogens with two attached hydrogens (primary N) is 1. The zero-order chi connectivity index (χ0) is 30.0. The highest BCUT2D eigenvalue weighted by Crippen LogP contribution is 2.31. The van der Waals surface area contributed by atoms with E-state index in [9.17, 15) is 4.39 Å². The normalized spacial score (nSPS) is 9.39. The van der Waals surface area contributed by atoms with Gasteiger partial charge in [0.1, 0.15) is 11.6 Å². The van der Waals surface area contributed by atoms with Crippen LogP contribution in [0.5, 0.6) is 0 Å². The Hall–Kier alpha value is 2.04. The third-order valence-electron chi connectivity index (χ3n) is 4.86. The van der Waals surface area contributed by atoms with Crippen LogP contribution in [0.25, 0.3) is 22.4 Å². The molecular weight excluding hydrogens is 907 g/mol. The molecule has 24 heteroatoms. The van der Waals surface area contributed by atoms with Crippen LogP contribution < -0.4 is 5.73 Å². The molecule has 3 aromatic rings. The first-order valence-electron chi connectivity index (χ1n) is 10.1. The van der Waals surface area contributed by atoms with Crippen LogP contribution in [0.3, 0.4) is 0 Å². The van der Waals surface area contributed by atoms with Crippen molar-refractivity contribution in [3.63, 3.8) is 0 Å². The fourth-order valence-corrected chi connectivity index (χ4v) is 46.8. The SMILES string of the molecule is Cc1c(C)c(C)c2[nH]c(-c3ccc(F)cc3N)nc2c1C.S=S=S=S=S=S=S=S=S=S=S=S=S=S=S=S=S=S=S=S. The van der Waals surface area contributed by atoms with E-state index in [0.717, 1.165) is 22.2 Å². The number of fused-ring (bicyclic) bond motifs is 1. The number of nitrogens with zero attached hydrogens (tertiary/aromatic N) is 1. The number of halogens is 1. The number of aryl methyl sites for hydroxylation is 2. The number of nitrogens with one attached hydrogen (secondary N) is 1. The van der Waals surface area contributed by atoms with E-state index < -0.39 is 0 Å². The lowest BCUT2D eigenvalue weighted by Crippen LogP contribution is -1.92. The number of rotatable bonds is 1. The third-order valence-corrected chi connectivity index (χ3v) is 42.6. The number of imidazole rings is 1. The minimum atomic E-state index is -0.341. The largest absolute Gasteiger partial charge is 0.398 e. The summed E-state index contributed by atoms with van der Waals surface area (Å²) < 4.78 is 13.2. The molecular formula is C17H18FN3S20. The highest BCUT2D eigenvalue weighted by Gasteiger charge is 2.15. The predicted octanol–water partition coefficient (Wildman–Crippen LogP) is 4.14. The molecule has 0 aliphatic rings. The Morgan fingerprint density at radius 1 is 0.634 bits per heavy atom. The summed E-state index contributed by atoms with van der Waals surface area (Å²) in [5.41, 5.74) is 13.9. The molecule has 2 aromatic carbocycles. The van der Waals surface area contributed by atoms with Crippen LogP contribution in [0.1, 0.15) is 22.3 Å². The van der Waals surface area contributed by atoms with Crippen LogP contribution in [0, 0.1) is 33.5 Å². The monoisotopic (exact) mass is 923 g/mol. The van der Waals surface area contributed by atoms with E-state index in [1.807, 2.05) is 0 Å². The highest BCUT2D eigenvalue weighted by molar-refractivity contribution is 8.78. The molecule has 0 saturated heterocycles. The molecule has 0 fully saturated rings. The molecule has 0 bridgehead atoms. The molecule has 0 spiro atoms. The quantitative estimate of drug-likeness (QED) is 0.361. The van der Waals surface area contributed by atoms with Crippen LogP contribution in [-0.4, -0.2) is 9.97 Å². The van der Waals surface area contributed by atoms with E-state index in [1.165, 1.54) is 46.6 Å². The smallest absolute Gasteiger partial charge is 0.140 e. The number of aromatic nitrogens is 2. The zero-order valence-electron chi connectivity index (χ0n) is 20.8. The average Bonchev–Trinajstić information content (AvgIpc) is 3.40. The molecule has 1 aromatic heterocycles. The Morgan fingerprint density at radius 3 is 1.46 bits per heavy atom. The van der Waals surface area contributed by atoms with Crippen molar-refractivity contribution in [1.29, 1.82) is 0 Å². The second-order valence-corrected chi connectivity index (χ2v) is 38.6. The summed E-state index contributed by atoms with van der Waals surface area (Å²) in [6.45, 7) is 8.38. The molecule has 0 atom stereocenters. The van der Waals surface area contributed by atoms with Gasteiger partial charge in [-0.1, -0.05) is 0 Å². The summed E-state index contributed by atoms with van der Waals surface area (Å²) in [4.78, 5) is 8.01. The van der Waals surface area contributed by atoms with Gasteiger partial charge in [0.2, 0.25) is 0 Å². The van der Waals surface area contributed by atoms with Crippen molar-refractivity contribution in [2.24, 2.45) is 0 Å². The number of anilines is 1. The number of hydrogen-bond donors (Lipinski definition) is 2. The molecule has 3 rings (SSSR count). The van der Waals surface area contributed by atoms with Gasteiger partial charge in [-0.2, -0.15) is 0 Å². The third kappa shape index (κ3) is 14.6. The van der Waals surface area contributed by atoms with Gasteiger partial charge >= 0.3 is 0 Å². The maximum absolute atomic E-state index is 13.2. The summed E-state index contributed by atoms with van der Waals surface area (Å²) in [7, 11) is 30.8. The van der Waals surface area contributed by atoms with E-state index in [-0.39, 0.29) is 5.82 Å². The van der Waals surface area contributed by atoms with Crippen molar-refractivity contribution in [3.8, 4) is 11.4 Å². The Labute approximate surface area is 299 Å². The Bertz CT molecular complexity index is 2130. The Morgan fingerprint density at radius 2 is 1.05 bits per heavy atom. The van der Waals surface area contributed by atoms with Gasteiger partial charge in [0.15, 0.2) is 0 Å². The van der Waals surface area contributed by atoms with Crippen LogP contribution >= 0.6 is 0 Å². The van der Waals surface area contributed by atoms with Crippen LogP contribution in [0.15, 0.2) is 18.2 Å². The molecule has 0 unspecified atom stereocenters. The van der Waals surface area contributed by atoms with Crippen molar-refractivity contribution in [3.05, 3.63) is 46.3 Å². The van der Waals surface area contributed by atoms with Gasteiger partial charge < -0.3 is 10.7 Å². The lowest BCUT2D eigenvalue weighted by atomic mass is 9.98. The first-order chi connectivity index (χ1) is 19.8. The zero-order valence-corrected chi connectivity index (χ0v) is 37.1. The number of benzene rings is 2. The lowest BCUT2D eigenvalue weighted by Gasteiger charge is -2.09. The topological polar surface area (TPSA) is 54.7 Å². The summed E-state index contributed by atoms with van der Waals surface area (Å²) in [5, 5.41) is 0. The second-order valence-electron chi connectivity index (χ2n) is 6.77. The summed E-state index contributed by atoms with van der Waals surface area (Å²) in [6.07, 6.45) is 0. The van der Waals surface area contributed by atoms with Gasteiger partial charge in [-0.05, 0) is 68.1 Å². The number of H-pyrrole nitrogens is 1. The lowest BCUT2D eigenvalue weighted by molar-refractivity contribution is 0.628. The van der Waals surface area contributed by atoms with Gasteiger partial charge in [0, 0.05) is 193 Å². The first-order valence-corrected chi connectivity index (χ1v) is 35.4. The number of hydrogen-bond acceptors (Lipinski definition) is 4. The Balaban J connectivity index is 0.000000288. The maximum atomic E-state index is 13.2. The molecule has 3 N–H and O–H groups in total. The van der Waals surface area contributed by atoms with Gasteiger partial charge in [0.25, 0.3) is 0 Å². The molecule has 1 heterocycles. The minimum absolute atomic E-state index is 0.341.